The molecule has 0 radical (unpaired) electrons. The van der Waals surface area contributed by atoms with Gasteiger partial charge in [0, 0.05) is 29.8 Å². The van der Waals surface area contributed by atoms with Gasteiger partial charge >= 0.3 is 0 Å². The van der Waals surface area contributed by atoms with Gasteiger partial charge in [0.05, 0.1) is 23.2 Å². The van der Waals surface area contributed by atoms with Gasteiger partial charge in [0.2, 0.25) is 5.91 Å². The van der Waals surface area contributed by atoms with E-state index in [4.69, 9.17) is 5.73 Å². The zero-order valence-corrected chi connectivity index (χ0v) is 22.7. The summed E-state index contributed by atoms with van der Waals surface area (Å²) in [7, 11) is 6.73. The summed E-state index contributed by atoms with van der Waals surface area (Å²) in [5.41, 5.74) is 4.79. The molecule has 2 aromatic rings. The van der Waals surface area contributed by atoms with E-state index in [0.29, 0.717) is 28.9 Å². The number of amides is 1. The molecule has 0 spiro atoms. The number of hydrogen-bond acceptors (Lipinski definition) is 10. The minimum atomic E-state index is -2.75. The number of aromatic nitrogens is 1. The molecule has 1 amide bonds. The number of primary amides is 1. The van der Waals surface area contributed by atoms with Gasteiger partial charge in [-0.1, -0.05) is 6.07 Å². The highest BCUT2D eigenvalue weighted by Crippen LogP contribution is 2.52. The van der Waals surface area contributed by atoms with E-state index in [-0.39, 0.29) is 24.2 Å². The van der Waals surface area contributed by atoms with Crippen molar-refractivity contribution in [1.29, 1.82) is 0 Å². The number of benzene rings is 1. The summed E-state index contributed by atoms with van der Waals surface area (Å²) in [6, 6.07) is 6.00. The van der Waals surface area contributed by atoms with Gasteiger partial charge in [-0.15, -0.1) is 0 Å². The maximum Gasteiger partial charge on any atom is 0.235 e. The first-order chi connectivity index (χ1) is 18.8. The number of pyridine rings is 1. The van der Waals surface area contributed by atoms with E-state index in [1.54, 1.807) is 44.6 Å². The van der Waals surface area contributed by atoms with Gasteiger partial charge in [-0.05, 0) is 70.7 Å². The number of nitrogens with two attached hydrogens (primary N) is 1. The molecule has 6 atom stereocenters. The fraction of sp³-hybridized carbons (Fsp3) is 0.448. The second-order valence-electron chi connectivity index (χ2n) is 11.5. The molecule has 1 aromatic heterocycles. The molecule has 2 fully saturated rings. The van der Waals surface area contributed by atoms with Crippen LogP contribution in [-0.2, 0) is 32.1 Å². The number of ketones is 4. The fourth-order valence-electron chi connectivity index (χ4n) is 6.94. The van der Waals surface area contributed by atoms with E-state index < -0.39 is 64.4 Å². The smallest absolute Gasteiger partial charge is 0.235 e. The van der Waals surface area contributed by atoms with Gasteiger partial charge in [0.25, 0.3) is 0 Å². The third kappa shape index (κ3) is 3.91. The average Bonchev–Trinajstić information content (AvgIpc) is 2.87. The number of likely N-dealkylation sites (N-methyl/N-ethyl adjacent to an activating group) is 1. The number of aromatic hydroxyl groups is 1. The highest BCUT2D eigenvalue weighted by molar-refractivity contribution is 6.32. The maximum atomic E-state index is 14.1. The van der Waals surface area contributed by atoms with E-state index in [1.165, 1.54) is 4.90 Å². The first-order valence-electron chi connectivity index (χ1n) is 13.1. The Morgan fingerprint density at radius 1 is 1.12 bits per heavy atom. The monoisotopic (exact) mass is 548 g/mol. The van der Waals surface area contributed by atoms with Gasteiger partial charge in [0.1, 0.15) is 5.75 Å². The van der Waals surface area contributed by atoms with Crippen molar-refractivity contribution in [3.05, 3.63) is 47.2 Å². The van der Waals surface area contributed by atoms with E-state index in [9.17, 15) is 34.2 Å². The second kappa shape index (κ2) is 9.69. The topological polar surface area (TPSA) is 171 Å². The molecular formula is C29H32N4O7. The minimum Gasteiger partial charge on any atom is -0.507 e. The number of fused-ring (bicyclic) bond motifs is 3. The van der Waals surface area contributed by atoms with Gasteiger partial charge in [-0.25, -0.2) is 0 Å². The highest BCUT2D eigenvalue weighted by atomic mass is 16.3. The molecule has 11 nitrogen and oxygen atoms in total. The Morgan fingerprint density at radius 3 is 2.40 bits per heavy atom. The molecule has 4 N–H and O–H groups in total. The zero-order chi connectivity index (χ0) is 29.3. The summed E-state index contributed by atoms with van der Waals surface area (Å²) in [4.78, 5) is 74.7. The van der Waals surface area contributed by atoms with Crippen LogP contribution in [0.1, 0.15) is 27.9 Å². The highest BCUT2D eigenvalue weighted by Gasteiger charge is 2.69. The first-order valence-corrected chi connectivity index (χ1v) is 13.1. The molecule has 40 heavy (non-hydrogen) atoms. The van der Waals surface area contributed by atoms with Crippen LogP contribution in [0.15, 0.2) is 30.5 Å². The van der Waals surface area contributed by atoms with Gasteiger partial charge in [-0.2, -0.15) is 0 Å². The Hall–Kier alpha value is -3.80. The maximum absolute atomic E-state index is 14.1. The molecule has 2 unspecified atom stereocenters. The van der Waals surface area contributed by atoms with Crippen molar-refractivity contribution in [1.82, 2.24) is 14.8 Å². The van der Waals surface area contributed by atoms with Crippen molar-refractivity contribution < 1.29 is 34.2 Å². The van der Waals surface area contributed by atoms with Crippen molar-refractivity contribution in [3.63, 3.8) is 0 Å². The summed E-state index contributed by atoms with van der Waals surface area (Å²) in [6.45, 7) is 0.297. The zero-order valence-electron chi connectivity index (χ0n) is 22.7. The van der Waals surface area contributed by atoms with Crippen LogP contribution < -0.4 is 5.73 Å². The molecule has 1 heterocycles. The van der Waals surface area contributed by atoms with E-state index in [2.05, 4.69) is 4.98 Å². The molecule has 0 bridgehead atoms. The summed E-state index contributed by atoms with van der Waals surface area (Å²) >= 11 is 0. The molecule has 5 rings (SSSR count). The van der Waals surface area contributed by atoms with Crippen LogP contribution in [0.5, 0.6) is 5.75 Å². The lowest BCUT2D eigenvalue weighted by Crippen LogP contribution is -2.74. The van der Waals surface area contributed by atoms with Crippen LogP contribution in [-0.4, -0.2) is 93.9 Å². The lowest BCUT2D eigenvalue weighted by atomic mass is 9.52. The molecule has 3 aliphatic rings. The number of nitrogens with zero attached hydrogens (tertiary/aromatic N) is 3. The summed E-state index contributed by atoms with van der Waals surface area (Å²) in [6.07, 6.45) is 1.79. The van der Waals surface area contributed by atoms with Crippen LogP contribution >= 0.6 is 0 Å². The molecule has 0 saturated heterocycles. The largest absolute Gasteiger partial charge is 0.507 e. The van der Waals surface area contributed by atoms with Crippen molar-refractivity contribution in [3.8, 4) is 17.0 Å². The third-order valence-electron chi connectivity index (χ3n) is 8.57. The summed E-state index contributed by atoms with van der Waals surface area (Å²) in [5.74, 6) is -10.6. The van der Waals surface area contributed by atoms with E-state index in [1.807, 2.05) is 19.0 Å². The predicted octanol–water partition coefficient (Wildman–Crippen LogP) is -0.00940. The molecule has 2 saturated carbocycles. The summed E-state index contributed by atoms with van der Waals surface area (Å²) in [5, 5.41) is 23.0. The second-order valence-corrected chi connectivity index (χ2v) is 11.5. The number of Topliss-reactive ketones (excluding diaryl/α,β-unsaturated/α-hetero) is 4. The van der Waals surface area contributed by atoms with Gasteiger partial charge < -0.3 is 20.8 Å². The first kappa shape index (κ1) is 27.8. The Kier molecular flexibility index (Phi) is 6.72. The van der Waals surface area contributed by atoms with Crippen LogP contribution in [0.2, 0.25) is 0 Å². The van der Waals surface area contributed by atoms with E-state index in [0.717, 1.165) is 0 Å². The minimum absolute atomic E-state index is 0.00817. The lowest BCUT2D eigenvalue weighted by Gasteiger charge is -2.52. The van der Waals surface area contributed by atoms with Gasteiger partial charge in [0.15, 0.2) is 34.7 Å². The van der Waals surface area contributed by atoms with Crippen molar-refractivity contribution >= 4 is 29.0 Å². The van der Waals surface area contributed by atoms with Gasteiger partial charge in [-0.3, -0.25) is 33.9 Å². The average molecular weight is 549 g/mol. The Balaban J connectivity index is 1.70. The molecule has 210 valence electrons. The van der Waals surface area contributed by atoms with Crippen LogP contribution in [0.25, 0.3) is 11.3 Å². The standard InChI is InChI=1S/C29H32N4O7/c1-32(2)12-14-10-15(18-7-5-6-8-31-18)16-9-13-11-17-22(33(3)4)25(36)21(28(30)39)27(38)29(17,40)26(37)19(13)24(35)20(16)23(14)34/h5-8,10,13,17,19,21-22,34,40H,9,11-12H2,1-4H3,(H2,30,39)/t13-,17-,19?,21?,22+,29-/m0/s1. The number of phenolic OH excluding ortho intramolecular Hbond substituents is 1. The Labute approximate surface area is 231 Å². The normalized spacial score (nSPS) is 29.8. The molecule has 0 aliphatic heterocycles. The third-order valence-corrected chi connectivity index (χ3v) is 8.57. The van der Waals surface area contributed by atoms with Crippen LogP contribution in [0.3, 0.4) is 0 Å². The fourth-order valence-corrected chi connectivity index (χ4v) is 6.94. The number of hydrogen-bond donors (Lipinski definition) is 3. The number of phenols is 1. The van der Waals surface area contributed by atoms with Crippen molar-refractivity contribution in [2.75, 3.05) is 28.2 Å². The number of aliphatic hydroxyl groups is 1. The SMILES string of the molecule is CN(C)Cc1cc(-c2ccccn2)c2c(c1O)C(=O)C1C(=O)[C@]3(O)C(=O)C(C(N)=O)C(=O)[C@H](N(C)C)[C@@H]3C[C@@H]1C2. The van der Waals surface area contributed by atoms with Crippen molar-refractivity contribution in [2.24, 2.45) is 29.4 Å². The number of carbonyl (C=O) groups excluding carboxylic acids is 5. The van der Waals surface area contributed by atoms with Crippen LogP contribution in [0.4, 0.5) is 0 Å². The number of carbonyl (C=O) groups is 5. The molecule has 1 aromatic carbocycles. The van der Waals surface area contributed by atoms with Crippen LogP contribution in [0, 0.1) is 23.7 Å². The quantitative estimate of drug-likeness (QED) is 0.432. The lowest BCUT2D eigenvalue weighted by molar-refractivity contribution is -0.181. The predicted molar refractivity (Wildman–Crippen MR) is 142 cm³/mol. The molecule has 11 heteroatoms. The Morgan fingerprint density at radius 2 is 1.82 bits per heavy atom. The molecule has 3 aliphatic carbocycles. The Bertz CT molecular complexity index is 1450. The molecular weight excluding hydrogens is 516 g/mol. The summed E-state index contributed by atoms with van der Waals surface area (Å²) < 4.78 is 0. The van der Waals surface area contributed by atoms with Crippen molar-refractivity contribution in [2.45, 2.75) is 31.0 Å². The number of rotatable bonds is 5. The van der Waals surface area contributed by atoms with E-state index >= 15 is 0 Å².